The maximum absolute atomic E-state index is 13.7. The number of pyridine rings is 1. The van der Waals surface area contributed by atoms with Crippen LogP contribution >= 0.6 is 0 Å². The van der Waals surface area contributed by atoms with E-state index in [-0.39, 0.29) is 11.6 Å². The lowest BCUT2D eigenvalue weighted by atomic mass is 10.2. The molecular weight excluding hydrogens is 375 g/mol. The lowest BCUT2D eigenvalue weighted by Gasteiger charge is -2.38. The second-order valence-electron chi connectivity index (χ2n) is 8.18. The first-order valence-corrected chi connectivity index (χ1v) is 12.2. The van der Waals surface area contributed by atoms with E-state index < -0.39 is 27.2 Å². The summed E-state index contributed by atoms with van der Waals surface area (Å²) in [6.45, 7) is 9.93. The molecule has 0 aliphatic carbocycles. The van der Waals surface area contributed by atoms with E-state index in [4.69, 9.17) is 9.16 Å². The van der Waals surface area contributed by atoms with E-state index in [2.05, 4.69) is 44.2 Å². The Labute approximate surface area is 167 Å². The molecule has 1 heterocycles. The fourth-order valence-electron chi connectivity index (χ4n) is 2.28. The summed E-state index contributed by atoms with van der Waals surface area (Å²) in [7, 11) is -2.16. The van der Waals surface area contributed by atoms with Gasteiger partial charge in [0.1, 0.15) is 19.4 Å². The van der Waals surface area contributed by atoms with E-state index in [1.807, 2.05) is 30.3 Å². The van der Waals surface area contributed by atoms with Gasteiger partial charge < -0.3 is 9.16 Å². The molecular formula is C21H29FN2O3Si. The van der Waals surface area contributed by atoms with E-state index >= 15 is 0 Å². The summed E-state index contributed by atoms with van der Waals surface area (Å²) in [6.07, 6.45) is 0.186. The summed E-state index contributed by atoms with van der Waals surface area (Å²) < 4.78 is 25.1. The minimum absolute atomic E-state index is 0.0441. The molecule has 1 aromatic carbocycles. The standard InChI is InChI=1S/C21H29FN2O3Si/c1-21(2,3)28(4,5)27-19(14-22)18-13-17(11-12-23-18)24-20(25)26-15-16-9-7-6-8-10-16/h6-13,19H,14-15H2,1-5H3,(H,23,24,25). The third-order valence-electron chi connectivity index (χ3n) is 4.95. The minimum Gasteiger partial charge on any atom is -0.444 e. The van der Waals surface area contributed by atoms with Crippen molar-refractivity contribution in [1.29, 1.82) is 0 Å². The molecule has 0 aliphatic rings. The smallest absolute Gasteiger partial charge is 0.411 e. The zero-order valence-electron chi connectivity index (χ0n) is 17.2. The quantitative estimate of drug-likeness (QED) is 0.587. The van der Waals surface area contributed by atoms with Crippen molar-refractivity contribution in [1.82, 2.24) is 4.98 Å². The first kappa shape index (κ1) is 22.0. The predicted molar refractivity (Wildman–Crippen MR) is 111 cm³/mol. The van der Waals surface area contributed by atoms with Crippen LogP contribution in [0.25, 0.3) is 0 Å². The Balaban J connectivity index is 2.02. The van der Waals surface area contributed by atoms with E-state index in [1.54, 1.807) is 12.1 Å². The van der Waals surface area contributed by atoms with E-state index in [1.165, 1.54) is 6.20 Å². The van der Waals surface area contributed by atoms with Crippen molar-refractivity contribution in [3.63, 3.8) is 0 Å². The molecule has 0 bridgehead atoms. The van der Waals surface area contributed by atoms with E-state index in [9.17, 15) is 9.18 Å². The SMILES string of the molecule is CC(C)(C)[Si](C)(C)OC(CF)c1cc(NC(=O)OCc2ccccc2)ccn1. The highest BCUT2D eigenvalue weighted by molar-refractivity contribution is 6.74. The van der Waals surface area contributed by atoms with E-state index in [0.29, 0.717) is 11.4 Å². The van der Waals surface area contributed by atoms with Gasteiger partial charge in [-0.25, -0.2) is 9.18 Å². The van der Waals surface area contributed by atoms with Gasteiger partial charge in [0.25, 0.3) is 0 Å². The van der Waals surface area contributed by atoms with Crippen LogP contribution in [0.2, 0.25) is 18.1 Å². The lowest BCUT2D eigenvalue weighted by Crippen LogP contribution is -2.42. The Morgan fingerprint density at radius 1 is 1.21 bits per heavy atom. The number of carbonyl (C=O) groups excluding carboxylic acids is 1. The van der Waals surface area contributed by atoms with Crippen molar-refractivity contribution < 1.29 is 18.3 Å². The average molecular weight is 405 g/mol. The van der Waals surface area contributed by atoms with Crippen molar-refractivity contribution in [3.8, 4) is 0 Å². The Bertz CT molecular complexity index is 779. The number of alkyl halides is 1. The number of anilines is 1. The molecule has 28 heavy (non-hydrogen) atoms. The molecule has 7 heteroatoms. The topological polar surface area (TPSA) is 60.5 Å². The number of ether oxygens (including phenoxy) is 1. The molecule has 0 spiro atoms. The molecule has 1 amide bonds. The van der Waals surface area contributed by atoms with Crippen LogP contribution < -0.4 is 5.32 Å². The van der Waals surface area contributed by atoms with Crippen LogP contribution in [0.1, 0.15) is 38.1 Å². The normalized spacial score (nSPS) is 13.1. The molecule has 2 rings (SSSR count). The van der Waals surface area contributed by atoms with Crippen LogP contribution in [0.4, 0.5) is 14.9 Å². The summed E-state index contributed by atoms with van der Waals surface area (Å²) in [5, 5.41) is 2.61. The van der Waals surface area contributed by atoms with Crippen LogP contribution in [0.15, 0.2) is 48.7 Å². The molecule has 152 valence electrons. The van der Waals surface area contributed by atoms with Gasteiger partial charge in [-0.3, -0.25) is 10.3 Å². The van der Waals surface area contributed by atoms with Gasteiger partial charge >= 0.3 is 6.09 Å². The number of hydrogen-bond donors (Lipinski definition) is 1. The van der Waals surface area contributed by atoms with Gasteiger partial charge in [0.05, 0.1) is 5.69 Å². The van der Waals surface area contributed by atoms with Gasteiger partial charge in [0.2, 0.25) is 0 Å². The Hall–Kier alpha value is -2.25. The fraction of sp³-hybridized carbons (Fsp3) is 0.429. The predicted octanol–water partition coefficient (Wildman–Crippen LogP) is 5.86. The molecule has 0 aliphatic heterocycles. The van der Waals surface area contributed by atoms with E-state index in [0.717, 1.165) is 5.56 Å². The highest BCUT2D eigenvalue weighted by Crippen LogP contribution is 2.39. The highest BCUT2D eigenvalue weighted by Gasteiger charge is 2.39. The number of nitrogens with one attached hydrogen (secondary N) is 1. The zero-order valence-corrected chi connectivity index (χ0v) is 18.2. The largest absolute Gasteiger partial charge is 0.444 e. The molecule has 0 radical (unpaired) electrons. The van der Waals surface area contributed by atoms with Crippen LogP contribution in [-0.2, 0) is 15.8 Å². The summed E-state index contributed by atoms with van der Waals surface area (Å²) in [5.74, 6) is 0. The minimum atomic E-state index is -2.16. The van der Waals surface area contributed by atoms with Crippen molar-refractivity contribution in [2.24, 2.45) is 0 Å². The molecule has 0 fully saturated rings. The number of carbonyl (C=O) groups is 1. The maximum Gasteiger partial charge on any atom is 0.411 e. The van der Waals surface area contributed by atoms with Crippen LogP contribution in [0.5, 0.6) is 0 Å². The first-order chi connectivity index (χ1) is 13.1. The van der Waals surface area contributed by atoms with Gasteiger partial charge in [0, 0.05) is 11.9 Å². The number of halogens is 1. The molecule has 0 saturated heterocycles. The van der Waals surface area contributed by atoms with Crippen LogP contribution in [0, 0.1) is 0 Å². The first-order valence-electron chi connectivity index (χ1n) is 9.30. The van der Waals surface area contributed by atoms with Gasteiger partial charge in [0.15, 0.2) is 8.32 Å². The summed E-state index contributed by atoms with van der Waals surface area (Å²) in [4.78, 5) is 16.3. The second kappa shape index (κ2) is 9.30. The molecule has 2 aromatic rings. The molecule has 0 saturated carbocycles. The van der Waals surface area contributed by atoms with Gasteiger partial charge in [-0.05, 0) is 35.8 Å². The number of hydrogen-bond acceptors (Lipinski definition) is 4. The Morgan fingerprint density at radius 2 is 1.89 bits per heavy atom. The monoisotopic (exact) mass is 404 g/mol. The fourth-order valence-corrected chi connectivity index (χ4v) is 3.53. The van der Waals surface area contributed by atoms with Gasteiger partial charge in [-0.1, -0.05) is 51.1 Å². The lowest BCUT2D eigenvalue weighted by molar-refractivity contribution is 0.145. The van der Waals surface area contributed by atoms with Crippen molar-refractivity contribution >= 4 is 20.1 Å². The number of rotatable bonds is 7. The Kier molecular flexibility index (Phi) is 7.32. The molecule has 1 N–H and O–H groups in total. The van der Waals surface area contributed by atoms with Crippen molar-refractivity contribution in [2.45, 2.75) is 51.6 Å². The average Bonchev–Trinajstić information content (AvgIpc) is 2.64. The number of benzene rings is 1. The summed E-state index contributed by atoms with van der Waals surface area (Å²) in [5.41, 5.74) is 1.84. The third kappa shape index (κ3) is 6.14. The number of nitrogens with zero attached hydrogens (tertiary/aromatic N) is 1. The van der Waals surface area contributed by atoms with Gasteiger partial charge in [-0.15, -0.1) is 0 Å². The highest BCUT2D eigenvalue weighted by atomic mass is 28.4. The van der Waals surface area contributed by atoms with Crippen LogP contribution in [-0.4, -0.2) is 26.1 Å². The van der Waals surface area contributed by atoms with Crippen molar-refractivity contribution in [3.05, 3.63) is 59.9 Å². The molecule has 1 aromatic heterocycles. The van der Waals surface area contributed by atoms with Gasteiger partial charge in [-0.2, -0.15) is 0 Å². The summed E-state index contributed by atoms with van der Waals surface area (Å²) in [6, 6.07) is 12.7. The molecule has 5 nitrogen and oxygen atoms in total. The molecule has 1 atom stereocenters. The summed E-state index contributed by atoms with van der Waals surface area (Å²) >= 11 is 0. The number of amides is 1. The van der Waals surface area contributed by atoms with Crippen LogP contribution in [0.3, 0.4) is 0 Å². The second-order valence-corrected chi connectivity index (χ2v) is 12.9. The third-order valence-corrected chi connectivity index (χ3v) is 9.44. The Morgan fingerprint density at radius 3 is 2.50 bits per heavy atom. The maximum atomic E-state index is 13.7. The molecule has 1 unspecified atom stereocenters. The number of aromatic nitrogens is 1. The van der Waals surface area contributed by atoms with Crippen molar-refractivity contribution in [2.75, 3.05) is 12.0 Å². The zero-order chi connectivity index (χ0) is 20.8.